The van der Waals surface area contributed by atoms with Crippen molar-refractivity contribution in [3.05, 3.63) is 35.8 Å². The minimum Gasteiger partial charge on any atom is -0.349 e. The number of nitrogens with two attached hydrogens (primary N) is 1. The number of rotatable bonds is 3. The maximum absolute atomic E-state index is 12.2. The monoisotopic (exact) mass is 272 g/mol. The van der Waals surface area contributed by atoms with Crippen LogP contribution < -0.4 is 11.1 Å². The van der Waals surface area contributed by atoms with Gasteiger partial charge in [-0.2, -0.15) is 0 Å². The molecule has 0 unspecified atom stereocenters. The van der Waals surface area contributed by atoms with Gasteiger partial charge < -0.3 is 15.5 Å². The maximum atomic E-state index is 12.2. The number of hydrogen-bond donors (Lipinski definition) is 2. The molecule has 3 rings (SSSR count). The van der Waals surface area contributed by atoms with Gasteiger partial charge in [-0.1, -0.05) is 18.9 Å². The molecule has 2 heterocycles. The lowest BCUT2D eigenvalue weighted by Crippen LogP contribution is -2.51. The molecule has 1 aliphatic rings. The van der Waals surface area contributed by atoms with Crippen molar-refractivity contribution in [3.8, 4) is 0 Å². The predicted molar refractivity (Wildman–Crippen MR) is 77.2 cm³/mol. The Morgan fingerprint density at radius 1 is 1.50 bits per heavy atom. The molecule has 0 bridgehead atoms. The number of fused-ring (bicyclic) bond motifs is 1. The van der Waals surface area contributed by atoms with Crippen LogP contribution in [0.2, 0.25) is 0 Å². The molecule has 106 valence electrons. The molecule has 1 aliphatic carbocycles. The van der Waals surface area contributed by atoms with Crippen LogP contribution in [0, 0.1) is 6.92 Å². The van der Waals surface area contributed by atoms with Gasteiger partial charge in [-0.05, 0) is 31.4 Å². The van der Waals surface area contributed by atoms with Gasteiger partial charge in [0.05, 0.1) is 17.8 Å². The van der Waals surface area contributed by atoms with Crippen LogP contribution in [-0.4, -0.2) is 20.8 Å². The molecule has 20 heavy (non-hydrogen) atoms. The molecular weight excluding hydrogens is 252 g/mol. The third-order valence-corrected chi connectivity index (χ3v) is 4.11. The molecule has 0 aliphatic heterocycles. The Morgan fingerprint density at radius 2 is 2.25 bits per heavy atom. The Bertz CT molecular complexity index is 640. The molecular formula is C15H20N4O. The Balaban J connectivity index is 1.71. The number of carbonyl (C=O) groups excluding carboxylic acids is 1. The van der Waals surface area contributed by atoms with Crippen molar-refractivity contribution in [2.45, 2.75) is 44.7 Å². The highest BCUT2D eigenvalue weighted by molar-refractivity contribution is 5.86. The highest BCUT2D eigenvalue weighted by atomic mass is 16.2. The van der Waals surface area contributed by atoms with Crippen molar-refractivity contribution in [2.75, 3.05) is 0 Å². The average Bonchev–Trinajstić information content (AvgIpc) is 3.04. The number of imidazole rings is 1. The minimum absolute atomic E-state index is 0.0521. The van der Waals surface area contributed by atoms with Crippen LogP contribution in [0.3, 0.4) is 0 Å². The standard InChI is InChI=1S/C15H20N4O/c1-11-5-4-8-19-10-12(18-13(11)19)9-17-14(20)15(16)6-2-3-7-15/h4-5,8,10H,2-3,6-7,9,16H2,1H3,(H,17,20). The lowest BCUT2D eigenvalue weighted by atomic mass is 9.98. The second-order valence-corrected chi connectivity index (χ2v) is 5.70. The summed E-state index contributed by atoms with van der Waals surface area (Å²) in [5, 5.41) is 2.92. The predicted octanol–water partition coefficient (Wildman–Crippen LogP) is 1.53. The fraction of sp³-hybridized carbons (Fsp3) is 0.467. The van der Waals surface area contributed by atoms with E-state index in [4.69, 9.17) is 5.73 Å². The molecule has 0 spiro atoms. The van der Waals surface area contributed by atoms with Gasteiger partial charge in [-0.25, -0.2) is 4.98 Å². The molecule has 1 saturated carbocycles. The van der Waals surface area contributed by atoms with E-state index in [1.54, 1.807) is 0 Å². The van der Waals surface area contributed by atoms with E-state index < -0.39 is 5.54 Å². The zero-order valence-corrected chi connectivity index (χ0v) is 11.7. The quantitative estimate of drug-likeness (QED) is 0.890. The van der Waals surface area contributed by atoms with Gasteiger partial charge in [-0.3, -0.25) is 4.79 Å². The summed E-state index contributed by atoms with van der Waals surface area (Å²) in [7, 11) is 0. The molecule has 0 saturated heterocycles. The van der Waals surface area contributed by atoms with E-state index in [9.17, 15) is 4.79 Å². The summed E-state index contributed by atoms with van der Waals surface area (Å²) in [6.45, 7) is 2.46. The van der Waals surface area contributed by atoms with E-state index >= 15 is 0 Å². The summed E-state index contributed by atoms with van der Waals surface area (Å²) >= 11 is 0. The van der Waals surface area contributed by atoms with Gasteiger partial charge >= 0.3 is 0 Å². The molecule has 2 aromatic rings. The number of aromatic nitrogens is 2. The first-order valence-corrected chi connectivity index (χ1v) is 7.09. The van der Waals surface area contributed by atoms with Gasteiger partial charge in [0.2, 0.25) is 5.91 Å². The smallest absolute Gasteiger partial charge is 0.240 e. The van der Waals surface area contributed by atoms with Crippen molar-refractivity contribution in [2.24, 2.45) is 5.73 Å². The Hall–Kier alpha value is -1.88. The van der Waals surface area contributed by atoms with Crippen LogP contribution >= 0.6 is 0 Å². The third kappa shape index (κ3) is 2.29. The van der Waals surface area contributed by atoms with E-state index in [1.165, 1.54) is 0 Å². The Kier molecular flexibility index (Phi) is 3.22. The molecule has 5 heteroatoms. The SMILES string of the molecule is Cc1cccn2cc(CNC(=O)C3(N)CCCC3)nc12. The summed E-state index contributed by atoms with van der Waals surface area (Å²) < 4.78 is 1.98. The van der Waals surface area contributed by atoms with E-state index in [-0.39, 0.29) is 5.91 Å². The molecule has 0 atom stereocenters. The molecule has 1 fully saturated rings. The molecule has 2 aromatic heterocycles. The molecule has 0 aromatic carbocycles. The lowest BCUT2D eigenvalue weighted by molar-refractivity contribution is -0.126. The van der Waals surface area contributed by atoms with Gasteiger partial charge in [0.25, 0.3) is 0 Å². The number of carbonyl (C=O) groups is 1. The first-order chi connectivity index (χ1) is 9.58. The van der Waals surface area contributed by atoms with E-state index in [2.05, 4.69) is 10.3 Å². The van der Waals surface area contributed by atoms with Crippen molar-refractivity contribution in [3.63, 3.8) is 0 Å². The number of aryl methyl sites for hydroxylation is 1. The largest absolute Gasteiger partial charge is 0.349 e. The number of hydrogen-bond acceptors (Lipinski definition) is 3. The summed E-state index contributed by atoms with van der Waals surface area (Å²) in [5.41, 5.74) is 8.36. The van der Waals surface area contributed by atoms with E-state index in [0.29, 0.717) is 6.54 Å². The van der Waals surface area contributed by atoms with E-state index in [1.807, 2.05) is 35.9 Å². The fourth-order valence-electron chi connectivity index (χ4n) is 2.87. The van der Waals surface area contributed by atoms with Gasteiger partial charge in [-0.15, -0.1) is 0 Å². The number of nitrogens with zero attached hydrogens (tertiary/aromatic N) is 2. The van der Waals surface area contributed by atoms with E-state index in [0.717, 1.165) is 42.6 Å². The maximum Gasteiger partial charge on any atom is 0.240 e. The highest BCUT2D eigenvalue weighted by Crippen LogP contribution is 2.27. The topological polar surface area (TPSA) is 72.4 Å². The minimum atomic E-state index is -0.672. The van der Waals surface area contributed by atoms with Crippen molar-refractivity contribution in [1.29, 1.82) is 0 Å². The molecule has 3 N–H and O–H groups in total. The van der Waals surface area contributed by atoms with Crippen LogP contribution in [-0.2, 0) is 11.3 Å². The lowest BCUT2D eigenvalue weighted by Gasteiger charge is -2.21. The third-order valence-electron chi connectivity index (χ3n) is 4.11. The zero-order chi connectivity index (χ0) is 14.2. The average molecular weight is 272 g/mol. The summed E-state index contributed by atoms with van der Waals surface area (Å²) in [6, 6.07) is 4.01. The van der Waals surface area contributed by atoms with Crippen LogP contribution in [0.25, 0.3) is 5.65 Å². The number of amides is 1. The number of pyridine rings is 1. The fourth-order valence-corrected chi connectivity index (χ4v) is 2.87. The molecule has 1 amide bonds. The van der Waals surface area contributed by atoms with Gasteiger partial charge in [0.1, 0.15) is 5.65 Å². The summed E-state index contributed by atoms with van der Waals surface area (Å²) in [5.74, 6) is -0.0521. The second kappa shape index (κ2) is 4.90. The first-order valence-electron chi connectivity index (χ1n) is 7.09. The van der Waals surface area contributed by atoms with Crippen molar-refractivity contribution in [1.82, 2.24) is 14.7 Å². The van der Waals surface area contributed by atoms with Gasteiger partial charge in [0, 0.05) is 12.4 Å². The number of nitrogens with one attached hydrogen (secondary N) is 1. The van der Waals surface area contributed by atoms with Crippen molar-refractivity contribution >= 4 is 11.6 Å². The van der Waals surface area contributed by atoms with Gasteiger partial charge in [0.15, 0.2) is 0 Å². The first kappa shape index (κ1) is 13.1. The highest BCUT2D eigenvalue weighted by Gasteiger charge is 2.36. The van der Waals surface area contributed by atoms with Crippen LogP contribution in [0.1, 0.15) is 36.9 Å². The Morgan fingerprint density at radius 3 is 2.95 bits per heavy atom. The second-order valence-electron chi connectivity index (χ2n) is 5.70. The normalized spacial score (nSPS) is 17.5. The van der Waals surface area contributed by atoms with Crippen LogP contribution in [0.4, 0.5) is 0 Å². The molecule has 5 nitrogen and oxygen atoms in total. The van der Waals surface area contributed by atoms with Crippen LogP contribution in [0.5, 0.6) is 0 Å². The van der Waals surface area contributed by atoms with Crippen LogP contribution in [0.15, 0.2) is 24.5 Å². The van der Waals surface area contributed by atoms with Crippen molar-refractivity contribution < 1.29 is 4.79 Å². The summed E-state index contributed by atoms with van der Waals surface area (Å²) in [4.78, 5) is 16.7. The Labute approximate surface area is 118 Å². The zero-order valence-electron chi connectivity index (χ0n) is 11.7. The summed E-state index contributed by atoms with van der Waals surface area (Å²) in [6.07, 6.45) is 7.55. The molecule has 0 radical (unpaired) electrons.